The Labute approximate surface area is 189 Å². The van der Waals surface area contributed by atoms with Crippen LogP contribution >= 0.6 is 11.6 Å². The Hall–Kier alpha value is -2.30. The first kappa shape index (κ1) is 24.3. The van der Waals surface area contributed by atoms with Crippen LogP contribution < -0.4 is 10.0 Å². The van der Waals surface area contributed by atoms with E-state index in [1.807, 2.05) is 0 Å². The summed E-state index contributed by atoms with van der Waals surface area (Å²) in [5.41, 5.74) is -1.12. The quantitative estimate of drug-likeness (QED) is 0.636. The van der Waals surface area contributed by atoms with Gasteiger partial charge in [-0.05, 0) is 50.5 Å². The van der Waals surface area contributed by atoms with E-state index in [0.717, 1.165) is 18.2 Å². The number of carbonyl (C=O) groups excluding carboxylic acids is 1. The van der Waals surface area contributed by atoms with E-state index < -0.39 is 44.8 Å². The van der Waals surface area contributed by atoms with Gasteiger partial charge in [-0.1, -0.05) is 17.7 Å². The fourth-order valence-electron chi connectivity index (χ4n) is 3.59. The molecule has 0 spiro atoms. The lowest BCUT2D eigenvalue weighted by atomic mass is 10.0. The fourth-order valence-corrected chi connectivity index (χ4v) is 4.71. The number of nitrogens with zero attached hydrogens (tertiary/aromatic N) is 1. The van der Waals surface area contributed by atoms with Gasteiger partial charge in [-0.15, -0.1) is 0 Å². The second-order valence-corrected chi connectivity index (χ2v) is 9.95. The lowest BCUT2D eigenvalue weighted by molar-refractivity contribution is 0.213. The first-order valence-corrected chi connectivity index (χ1v) is 12.1. The predicted octanol–water partition coefficient (Wildman–Crippen LogP) is 4.75. The van der Waals surface area contributed by atoms with Crippen LogP contribution in [0, 0.1) is 17.5 Å². The molecule has 0 aromatic heterocycles. The Morgan fingerprint density at radius 2 is 1.81 bits per heavy atom. The molecule has 1 saturated heterocycles. The second kappa shape index (κ2) is 10.1. The summed E-state index contributed by atoms with van der Waals surface area (Å²) in [5, 5.41) is 2.33. The molecule has 1 heterocycles. The van der Waals surface area contributed by atoms with Crippen LogP contribution in [0.5, 0.6) is 0 Å². The molecule has 2 aromatic carbocycles. The molecule has 32 heavy (non-hydrogen) atoms. The number of nitrogens with one attached hydrogen (secondary N) is 2. The number of hydrogen-bond acceptors (Lipinski definition) is 3. The van der Waals surface area contributed by atoms with Crippen molar-refractivity contribution in [2.75, 3.05) is 24.2 Å². The van der Waals surface area contributed by atoms with Gasteiger partial charge < -0.3 is 10.2 Å². The summed E-state index contributed by atoms with van der Waals surface area (Å²) in [6, 6.07) is 4.37. The number of benzene rings is 2. The SMILES string of the molecule is CCS(=O)(=O)N[C@H]1CCCN(C(=O)Nc2c(F)cc(Cl)cc2-c2c(F)cccc2F)CC1. The molecular formula is C21H23ClF3N3O3S. The summed E-state index contributed by atoms with van der Waals surface area (Å²) in [7, 11) is -3.38. The molecule has 6 nitrogen and oxygen atoms in total. The van der Waals surface area contributed by atoms with Crippen LogP contribution in [0.3, 0.4) is 0 Å². The van der Waals surface area contributed by atoms with Gasteiger partial charge in [0.25, 0.3) is 0 Å². The van der Waals surface area contributed by atoms with Crippen molar-refractivity contribution in [1.29, 1.82) is 0 Å². The minimum Gasteiger partial charge on any atom is -0.324 e. The summed E-state index contributed by atoms with van der Waals surface area (Å²) in [5.74, 6) is -2.84. The zero-order valence-electron chi connectivity index (χ0n) is 17.3. The smallest absolute Gasteiger partial charge is 0.321 e. The molecule has 0 radical (unpaired) electrons. The van der Waals surface area contributed by atoms with Gasteiger partial charge in [-0.25, -0.2) is 31.1 Å². The van der Waals surface area contributed by atoms with Crippen LogP contribution in [0.15, 0.2) is 30.3 Å². The highest BCUT2D eigenvalue weighted by Crippen LogP contribution is 2.36. The molecule has 3 rings (SSSR count). The average Bonchev–Trinajstić information content (AvgIpc) is 2.95. The Bertz CT molecular complexity index is 1090. The van der Waals surface area contributed by atoms with Gasteiger partial charge in [0, 0.05) is 29.7 Å². The molecule has 11 heteroatoms. The van der Waals surface area contributed by atoms with Crippen molar-refractivity contribution in [3.63, 3.8) is 0 Å². The number of sulfonamides is 1. The van der Waals surface area contributed by atoms with E-state index in [2.05, 4.69) is 10.0 Å². The van der Waals surface area contributed by atoms with Crippen molar-refractivity contribution in [1.82, 2.24) is 9.62 Å². The van der Waals surface area contributed by atoms with Crippen molar-refractivity contribution in [2.24, 2.45) is 0 Å². The number of halogens is 4. The highest BCUT2D eigenvalue weighted by molar-refractivity contribution is 7.89. The minimum absolute atomic E-state index is 0.0427. The minimum atomic E-state index is -3.38. The Morgan fingerprint density at radius 3 is 2.47 bits per heavy atom. The van der Waals surface area contributed by atoms with Gasteiger partial charge >= 0.3 is 6.03 Å². The molecule has 1 aliphatic rings. The number of carbonyl (C=O) groups is 1. The van der Waals surface area contributed by atoms with Gasteiger partial charge in [0.15, 0.2) is 0 Å². The highest BCUT2D eigenvalue weighted by atomic mass is 35.5. The molecule has 1 aliphatic heterocycles. The largest absolute Gasteiger partial charge is 0.324 e. The van der Waals surface area contributed by atoms with Crippen LogP contribution in [-0.4, -0.2) is 44.2 Å². The zero-order valence-corrected chi connectivity index (χ0v) is 18.9. The van der Waals surface area contributed by atoms with Crippen LogP contribution in [0.4, 0.5) is 23.7 Å². The molecule has 1 atom stereocenters. The molecule has 0 bridgehead atoms. The lowest BCUT2D eigenvalue weighted by Crippen LogP contribution is -2.38. The van der Waals surface area contributed by atoms with Gasteiger partial charge in [0.05, 0.1) is 17.0 Å². The zero-order chi connectivity index (χ0) is 23.5. The van der Waals surface area contributed by atoms with E-state index in [0.29, 0.717) is 25.8 Å². The summed E-state index contributed by atoms with van der Waals surface area (Å²) < 4.78 is 69.6. The van der Waals surface area contributed by atoms with E-state index in [9.17, 15) is 26.4 Å². The third-order valence-electron chi connectivity index (χ3n) is 5.26. The molecule has 1 fully saturated rings. The molecule has 0 saturated carbocycles. The Balaban J connectivity index is 1.83. The first-order chi connectivity index (χ1) is 15.1. The summed E-state index contributed by atoms with van der Waals surface area (Å²) >= 11 is 5.90. The standard InChI is InChI=1S/C21H23ClF3N3O3S/c1-2-32(30,31)27-14-5-4-9-28(10-8-14)21(29)26-20-15(11-13(22)12-18(20)25)19-16(23)6-3-7-17(19)24/h3,6-7,11-12,14,27H,2,4-5,8-10H2,1H3,(H,26,29)/t14-/m0/s1. The molecule has 0 aliphatic carbocycles. The van der Waals surface area contributed by atoms with Crippen LogP contribution in [0.2, 0.25) is 5.02 Å². The topological polar surface area (TPSA) is 78.5 Å². The number of anilines is 1. The van der Waals surface area contributed by atoms with E-state index in [1.54, 1.807) is 0 Å². The average molecular weight is 490 g/mol. The maximum atomic E-state index is 14.7. The van der Waals surface area contributed by atoms with Crippen molar-refractivity contribution in [3.05, 3.63) is 52.8 Å². The molecule has 2 amide bonds. The highest BCUT2D eigenvalue weighted by Gasteiger charge is 2.26. The monoisotopic (exact) mass is 489 g/mol. The van der Waals surface area contributed by atoms with E-state index in [4.69, 9.17) is 11.6 Å². The number of amides is 2. The van der Waals surface area contributed by atoms with E-state index in [1.165, 1.54) is 24.0 Å². The number of urea groups is 1. The molecule has 2 N–H and O–H groups in total. The third kappa shape index (κ3) is 5.73. The summed E-state index contributed by atoms with van der Waals surface area (Å²) in [6.07, 6.45) is 1.46. The summed E-state index contributed by atoms with van der Waals surface area (Å²) in [6.45, 7) is 2.07. The number of likely N-dealkylation sites (tertiary alicyclic amines) is 1. The van der Waals surface area contributed by atoms with Crippen LogP contribution in [-0.2, 0) is 10.0 Å². The van der Waals surface area contributed by atoms with Gasteiger partial charge in [0.2, 0.25) is 10.0 Å². The maximum Gasteiger partial charge on any atom is 0.321 e. The molecule has 2 aromatic rings. The normalized spacial score (nSPS) is 17.2. The number of rotatable bonds is 5. The van der Waals surface area contributed by atoms with Crippen molar-refractivity contribution < 1.29 is 26.4 Å². The summed E-state index contributed by atoms with van der Waals surface area (Å²) in [4.78, 5) is 14.3. The third-order valence-corrected chi connectivity index (χ3v) is 6.93. The van der Waals surface area contributed by atoms with Crippen LogP contribution in [0.1, 0.15) is 26.2 Å². The second-order valence-electron chi connectivity index (χ2n) is 7.47. The molecular weight excluding hydrogens is 467 g/mol. The van der Waals surface area contributed by atoms with Crippen LogP contribution in [0.25, 0.3) is 11.1 Å². The molecule has 0 unspecified atom stereocenters. The van der Waals surface area contributed by atoms with Gasteiger partial charge in [-0.2, -0.15) is 0 Å². The predicted molar refractivity (Wildman–Crippen MR) is 118 cm³/mol. The fraction of sp³-hybridized carbons (Fsp3) is 0.381. The Morgan fingerprint density at radius 1 is 1.12 bits per heavy atom. The van der Waals surface area contributed by atoms with Crippen molar-refractivity contribution in [3.8, 4) is 11.1 Å². The van der Waals surface area contributed by atoms with Crippen molar-refractivity contribution in [2.45, 2.75) is 32.2 Å². The van der Waals surface area contributed by atoms with Crippen molar-refractivity contribution >= 4 is 33.3 Å². The molecule has 174 valence electrons. The maximum absolute atomic E-state index is 14.7. The Kier molecular flexibility index (Phi) is 7.68. The van der Waals surface area contributed by atoms with Gasteiger partial charge in [0.1, 0.15) is 17.5 Å². The number of hydrogen-bond donors (Lipinski definition) is 2. The van der Waals surface area contributed by atoms with E-state index in [-0.39, 0.29) is 28.9 Å². The lowest BCUT2D eigenvalue weighted by Gasteiger charge is -2.23. The van der Waals surface area contributed by atoms with E-state index >= 15 is 0 Å². The van der Waals surface area contributed by atoms with Gasteiger partial charge in [-0.3, -0.25) is 0 Å². The first-order valence-electron chi connectivity index (χ1n) is 10.1.